The van der Waals surface area contributed by atoms with Gasteiger partial charge in [0.2, 0.25) is 11.7 Å². The number of rotatable bonds is 8. The third kappa shape index (κ3) is 3.91. The van der Waals surface area contributed by atoms with Crippen LogP contribution in [-0.2, 0) is 4.79 Å². The molecule has 1 aliphatic heterocycles. The molecule has 1 saturated heterocycles. The number of amides is 1. The number of methoxy groups -OCH3 is 5. The summed E-state index contributed by atoms with van der Waals surface area (Å²) < 4.78 is 27.2. The lowest BCUT2D eigenvalue weighted by Gasteiger charge is -2.48. The van der Waals surface area contributed by atoms with Crippen LogP contribution < -0.4 is 28.6 Å². The van der Waals surface area contributed by atoms with E-state index in [1.54, 1.807) is 52.6 Å². The van der Waals surface area contributed by atoms with Crippen LogP contribution in [0, 0.1) is 0 Å². The van der Waals surface area contributed by atoms with E-state index in [1.807, 2.05) is 48.5 Å². The largest absolute Gasteiger partial charge is 0.497 e. The Labute approximate surface area is 193 Å². The van der Waals surface area contributed by atoms with Gasteiger partial charge in [-0.1, -0.05) is 24.3 Å². The lowest BCUT2D eigenvalue weighted by molar-refractivity contribution is -0.126. The van der Waals surface area contributed by atoms with Gasteiger partial charge in [-0.3, -0.25) is 4.79 Å². The minimum atomic E-state index is -0.368. The van der Waals surface area contributed by atoms with Crippen LogP contribution >= 0.6 is 0 Å². The zero-order valence-corrected chi connectivity index (χ0v) is 19.3. The van der Waals surface area contributed by atoms with Crippen molar-refractivity contribution in [2.45, 2.75) is 12.0 Å². The second-order valence-corrected chi connectivity index (χ2v) is 7.56. The quantitative estimate of drug-likeness (QED) is 0.468. The van der Waals surface area contributed by atoms with E-state index in [-0.39, 0.29) is 17.9 Å². The number of carbonyl (C=O) groups is 1. The van der Waals surface area contributed by atoms with Crippen molar-refractivity contribution in [3.63, 3.8) is 0 Å². The Morgan fingerprint density at radius 2 is 1.30 bits per heavy atom. The van der Waals surface area contributed by atoms with Crippen molar-refractivity contribution < 1.29 is 28.5 Å². The van der Waals surface area contributed by atoms with Crippen molar-refractivity contribution in [1.82, 2.24) is 0 Å². The molecule has 7 heteroatoms. The third-order valence-electron chi connectivity index (χ3n) is 5.94. The zero-order chi connectivity index (χ0) is 23.5. The SMILES string of the molecule is COc1ccc([C@@H]2[C@@H](c3cccc(OC)c3)C(=O)N2c2cc(OC)c(OC)c(OC)c2)cc1. The van der Waals surface area contributed by atoms with Crippen LogP contribution in [0.15, 0.2) is 60.7 Å². The molecule has 0 aliphatic carbocycles. The fraction of sp³-hybridized carbons (Fsp3) is 0.269. The molecule has 2 atom stereocenters. The summed E-state index contributed by atoms with van der Waals surface area (Å²) in [5.74, 6) is 2.51. The fourth-order valence-corrected chi connectivity index (χ4v) is 4.29. The standard InChI is InChI=1S/C26H27NO6/c1-29-19-11-9-16(10-12-19)24-23(17-7-6-8-20(13-17)30-2)26(28)27(24)18-14-21(31-3)25(33-5)22(15-18)32-4/h6-15,23-24H,1-5H3/t23-,24-/m1/s1. The Kier molecular flexibility index (Phi) is 6.31. The maximum Gasteiger partial charge on any atom is 0.237 e. The van der Waals surface area contributed by atoms with E-state index < -0.39 is 0 Å². The Bertz CT molecular complexity index is 1120. The Morgan fingerprint density at radius 3 is 1.85 bits per heavy atom. The minimum absolute atomic E-state index is 0.0293. The smallest absolute Gasteiger partial charge is 0.237 e. The molecule has 0 radical (unpaired) electrons. The molecule has 0 aromatic heterocycles. The molecule has 1 aliphatic rings. The average Bonchev–Trinajstić information content (AvgIpc) is 2.86. The van der Waals surface area contributed by atoms with Gasteiger partial charge in [0, 0.05) is 12.1 Å². The van der Waals surface area contributed by atoms with Crippen LogP contribution in [0.5, 0.6) is 28.7 Å². The highest BCUT2D eigenvalue weighted by molar-refractivity contribution is 6.07. The van der Waals surface area contributed by atoms with Gasteiger partial charge >= 0.3 is 0 Å². The predicted octanol–water partition coefficient (Wildman–Crippen LogP) is 4.60. The van der Waals surface area contributed by atoms with Gasteiger partial charge in [0.05, 0.1) is 53.2 Å². The van der Waals surface area contributed by atoms with Crippen molar-refractivity contribution in [2.24, 2.45) is 0 Å². The van der Waals surface area contributed by atoms with Crippen LogP contribution in [0.1, 0.15) is 23.1 Å². The third-order valence-corrected chi connectivity index (χ3v) is 5.94. The second kappa shape index (κ2) is 9.32. The molecule has 0 N–H and O–H groups in total. The molecule has 3 aromatic carbocycles. The summed E-state index contributed by atoms with van der Waals surface area (Å²) in [6.45, 7) is 0. The molecule has 172 valence electrons. The number of anilines is 1. The maximum absolute atomic E-state index is 13.6. The summed E-state index contributed by atoms with van der Waals surface area (Å²) in [7, 11) is 7.90. The highest BCUT2D eigenvalue weighted by atomic mass is 16.5. The fourth-order valence-electron chi connectivity index (χ4n) is 4.29. The molecule has 0 unspecified atom stereocenters. The van der Waals surface area contributed by atoms with E-state index in [0.29, 0.717) is 28.7 Å². The molecule has 0 spiro atoms. The average molecular weight is 450 g/mol. The molecule has 0 bridgehead atoms. The molecule has 0 saturated carbocycles. The summed E-state index contributed by atoms with van der Waals surface area (Å²) in [6.07, 6.45) is 0. The molecule has 1 amide bonds. The first-order chi connectivity index (χ1) is 16.1. The summed E-state index contributed by atoms with van der Waals surface area (Å²) in [4.78, 5) is 15.3. The first-order valence-electron chi connectivity index (χ1n) is 10.5. The van der Waals surface area contributed by atoms with Gasteiger partial charge in [-0.05, 0) is 35.4 Å². The van der Waals surface area contributed by atoms with E-state index in [0.717, 1.165) is 16.9 Å². The number of ether oxygens (including phenoxy) is 5. The Hall–Kier alpha value is -3.87. The van der Waals surface area contributed by atoms with Crippen LogP contribution in [0.4, 0.5) is 5.69 Å². The van der Waals surface area contributed by atoms with E-state index in [9.17, 15) is 4.79 Å². The van der Waals surface area contributed by atoms with Gasteiger partial charge in [-0.2, -0.15) is 0 Å². The number of benzene rings is 3. The molecule has 3 aromatic rings. The van der Waals surface area contributed by atoms with Crippen LogP contribution in [0.2, 0.25) is 0 Å². The normalized spacial score (nSPS) is 17.2. The van der Waals surface area contributed by atoms with E-state index in [4.69, 9.17) is 23.7 Å². The van der Waals surface area contributed by atoms with Gasteiger partial charge in [-0.15, -0.1) is 0 Å². The van der Waals surface area contributed by atoms with Gasteiger partial charge < -0.3 is 28.6 Å². The van der Waals surface area contributed by atoms with Crippen molar-refractivity contribution >= 4 is 11.6 Å². The summed E-state index contributed by atoms with van der Waals surface area (Å²) in [5, 5.41) is 0. The molecule has 1 fully saturated rings. The van der Waals surface area contributed by atoms with E-state index >= 15 is 0 Å². The molecule has 4 rings (SSSR count). The highest BCUT2D eigenvalue weighted by Gasteiger charge is 2.50. The number of carbonyl (C=O) groups excluding carboxylic acids is 1. The van der Waals surface area contributed by atoms with Gasteiger partial charge in [0.15, 0.2) is 11.5 Å². The minimum Gasteiger partial charge on any atom is -0.497 e. The lowest BCUT2D eigenvalue weighted by atomic mass is 9.77. The van der Waals surface area contributed by atoms with Gasteiger partial charge in [0.1, 0.15) is 11.5 Å². The Morgan fingerprint density at radius 1 is 0.667 bits per heavy atom. The van der Waals surface area contributed by atoms with Gasteiger partial charge in [-0.25, -0.2) is 0 Å². The topological polar surface area (TPSA) is 66.5 Å². The number of nitrogens with zero attached hydrogens (tertiary/aromatic N) is 1. The summed E-state index contributed by atoms with van der Waals surface area (Å²) in [6, 6.07) is 18.7. The van der Waals surface area contributed by atoms with Crippen molar-refractivity contribution in [2.75, 3.05) is 40.4 Å². The van der Waals surface area contributed by atoms with Gasteiger partial charge in [0.25, 0.3) is 0 Å². The maximum atomic E-state index is 13.6. The summed E-state index contributed by atoms with van der Waals surface area (Å²) >= 11 is 0. The first kappa shape index (κ1) is 22.3. The van der Waals surface area contributed by atoms with Crippen molar-refractivity contribution in [3.05, 3.63) is 71.8 Å². The van der Waals surface area contributed by atoms with Crippen LogP contribution in [0.25, 0.3) is 0 Å². The van der Waals surface area contributed by atoms with Crippen LogP contribution in [-0.4, -0.2) is 41.5 Å². The zero-order valence-electron chi connectivity index (χ0n) is 19.3. The molecular formula is C26H27NO6. The molecule has 7 nitrogen and oxygen atoms in total. The molecule has 33 heavy (non-hydrogen) atoms. The number of β-lactam (4-membered cyclic amide) rings is 1. The lowest BCUT2D eigenvalue weighted by Crippen LogP contribution is -2.53. The number of hydrogen-bond acceptors (Lipinski definition) is 6. The highest BCUT2D eigenvalue weighted by Crippen LogP contribution is 2.52. The second-order valence-electron chi connectivity index (χ2n) is 7.56. The predicted molar refractivity (Wildman–Crippen MR) is 125 cm³/mol. The van der Waals surface area contributed by atoms with E-state index in [2.05, 4.69) is 0 Å². The summed E-state index contributed by atoms with van der Waals surface area (Å²) in [5.41, 5.74) is 2.54. The molecule has 1 heterocycles. The van der Waals surface area contributed by atoms with Crippen LogP contribution in [0.3, 0.4) is 0 Å². The van der Waals surface area contributed by atoms with E-state index in [1.165, 1.54) is 0 Å². The number of hydrogen-bond donors (Lipinski definition) is 0. The monoisotopic (exact) mass is 449 g/mol. The Balaban J connectivity index is 1.82. The van der Waals surface area contributed by atoms with Crippen molar-refractivity contribution in [3.8, 4) is 28.7 Å². The van der Waals surface area contributed by atoms with Crippen molar-refractivity contribution in [1.29, 1.82) is 0 Å². The molecular weight excluding hydrogens is 422 g/mol. The first-order valence-corrected chi connectivity index (χ1v) is 10.5.